The van der Waals surface area contributed by atoms with Gasteiger partial charge in [0.15, 0.2) is 0 Å². The van der Waals surface area contributed by atoms with Gasteiger partial charge in [0.05, 0.1) is 41.3 Å². The van der Waals surface area contributed by atoms with Crippen LogP contribution in [0.5, 0.6) is 5.75 Å². The fourth-order valence-electron chi connectivity index (χ4n) is 4.91. The minimum absolute atomic E-state index is 0.0244. The van der Waals surface area contributed by atoms with E-state index in [4.69, 9.17) is 9.47 Å². The minimum Gasteiger partial charge on any atom is -0.490 e. The lowest BCUT2D eigenvalue weighted by Crippen LogP contribution is -2.42. The summed E-state index contributed by atoms with van der Waals surface area (Å²) in [4.78, 5) is 15.1. The first-order chi connectivity index (χ1) is 18.0. The number of nitrogens with one attached hydrogen (secondary N) is 1. The van der Waals surface area contributed by atoms with Gasteiger partial charge in [-0.2, -0.15) is 5.10 Å². The largest absolute Gasteiger partial charge is 0.490 e. The average Bonchev–Trinajstić information content (AvgIpc) is 3.52. The van der Waals surface area contributed by atoms with Crippen LogP contribution in [0.15, 0.2) is 42.7 Å². The molecular weight excluding hydrogens is 511 g/mol. The highest BCUT2D eigenvalue weighted by atomic mass is 32.2. The molecule has 0 spiro atoms. The minimum atomic E-state index is -3.89. The number of anilines is 1. The van der Waals surface area contributed by atoms with Crippen LogP contribution in [0.25, 0.3) is 5.52 Å². The van der Waals surface area contributed by atoms with E-state index in [2.05, 4.69) is 14.7 Å². The zero-order chi connectivity index (χ0) is 27.1. The van der Waals surface area contributed by atoms with Gasteiger partial charge in [-0.15, -0.1) is 0 Å². The van der Waals surface area contributed by atoms with Gasteiger partial charge in [-0.25, -0.2) is 22.0 Å². The number of sulfonamides is 1. The third-order valence-electron chi connectivity index (χ3n) is 7.16. The van der Waals surface area contributed by atoms with Crippen molar-refractivity contribution < 1.29 is 27.1 Å². The summed E-state index contributed by atoms with van der Waals surface area (Å²) in [6, 6.07) is 8.27. The highest BCUT2D eigenvalue weighted by Crippen LogP contribution is 2.41. The summed E-state index contributed by atoms with van der Waals surface area (Å²) >= 11 is 0. The first kappa shape index (κ1) is 26.4. The Kier molecular flexibility index (Phi) is 7.08. The summed E-state index contributed by atoms with van der Waals surface area (Å²) in [5.41, 5.74) is 2.25. The van der Waals surface area contributed by atoms with Gasteiger partial charge < -0.3 is 14.4 Å². The van der Waals surface area contributed by atoms with Crippen molar-refractivity contribution in [2.24, 2.45) is 0 Å². The van der Waals surface area contributed by atoms with E-state index in [1.807, 2.05) is 12.1 Å². The molecule has 5 rings (SSSR count). The molecule has 38 heavy (non-hydrogen) atoms. The zero-order valence-corrected chi connectivity index (χ0v) is 22.6. The molecule has 3 aromatic rings. The molecule has 0 aliphatic carbocycles. The number of nitrogens with zero attached hydrogens (tertiary/aromatic N) is 3. The molecule has 2 aromatic heterocycles. The number of amides is 1. The van der Waals surface area contributed by atoms with Gasteiger partial charge in [0.2, 0.25) is 10.0 Å². The van der Waals surface area contributed by atoms with Crippen molar-refractivity contribution >= 4 is 27.1 Å². The lowest BCUT2D eigenvalue weighted by Gasteiger charge is -2.30. The van der Waals surface area contributed by atoms with E-state index < -0.39 is 20.7 Å². The SMILES string of the molecule is CC(C)(C)S(=O)(=O)NC(=O)c1cnn2ccc(N3CCC[C@@H]3c3cc(F)ccc3OC3CCOCC3)cc12. The Labute approximate surface area is 222 Å². The van der Waals surface area contributed by atoms with Gasteiger partial charge in [0.1, 0.15) is 17.7 Å². The van der Waals surface area contributed by atoms with Crippen LogP contribution in [0, 0.1) is 5.82 Å². The van der Waals surface area contributed by atoms with E-state index in [9.17, 15) is 17.6 Å². The fraction of sp³-hybridized carbons (Fsp3) is 0.481. The predicted octanol–water partition coefficient (Wildman–Crippen LogP) is 4.23. The average molecular weight is 545 g/mol. The molecule has 4 heterocycles. The summed E-state index contributed by atoms with van der Waals surface area (Å²) in [6.07, 6.45) is 6.42. The Morgan fingerprint density at radius 2 is 1.92 bits per heavy atom. The molecule has 2 saturated heterocycles. The fourth-order valence-corrected chi connectivity index (χ4v) is 5.57. The summed E-state index contributed by atoms with van der Waals surface area (Å²) in [6.45, 7) is 6.61. The highest BCUT2D eigenvalue weighted by Gasteiger charge is 2.33. The molecule has 0 saturated carbocycles. The molecule has 1 atom stereocenters. The number of halogens is 1. The molecule has 11 heteroatoms. The van der Waals surface area contributed by atoms with E-state index in [0.29, 0.717) is 24.5 Å². The number of aromatic nitrogens is 2. The number of fused-ring (bicyclic) bond motifs is 1. The predicted molar refractivity (Wildman–Crippen MR) is 142 cm³/mol. The Balaban J connectivity index is 1.45. The number of carbonyl (C=O) groups excluding carboxylic acids is 1. The van der Waals surface area contributed by atoms with Gasteiger partial charge in [-0.05, 0) is 63.9 Å². The number of carbonyl (C=O) groups is 1. The third kappa shape index (κ3) is 5.22. The van der Waals surface area contributed by atoms with Crippen LogP contribution in [0.3, 0.4) is 0 Å². The monoisotopic (exact) mass is 544 g/mol. The van der Waals surface area contributed by atoms with Gasteiger partial charge in [-0.3, -0.25) is 4.79 Å². The van der Waals surface area contributed by atoms with E-state index in [-0.39, 0.29) is 23.5 Å². The molecule has 0 radical (unpaired) electrons. The van der Waals surface area contributed by atoms with Crippen molar-refractivity contribution in [3.63, 3.8) is 0 Å². The quantitative estimate of drug-likeness (QED) is 0.496. The molecule has 1 amide bonds. The maximum absolute atomic E-state index is 14.4. The number of benzene rings is 1. The molecule has 1 N–H and O–H groups in total. The van der Waals surface area contributed by atoms with Crippen molar-refractivity contribution in [1.29, 1.82) is 0 Å². The summed E-state index contributed by atoms with van der Waals surface area (Å²) in [7, 11) is -3.89. The van der Waals surface area contributed by atoms with Crippen molar-refractivity contribution in [3.05, 3.63) is 59.7 Å². The van der Waals surface area contributed by atoms with E-state index >= 15 is 0 Å². The second kappa shape index (κ2) is 10.2. The third-order valence-corrected chi connectivity index (χ3v) is 9.23. The van der Waals surface area contributed by atoms with Gasteiger partial charge in [0.25, 0.3) is 5.91 Å². The molecule has 2 aliphatic heterocycles. The Bertz CT molecular complexity index is 1440. The first-order valence-corrected chi connectivity index (χ1v) is 14.4. The first-order valence-electron chi connectivity index (χ1n) is 12.9. The normalized spacial score (nSPS) is 19.2. The number of hydrogen-bond acceptors (Lipinski definition) is 7. The zero-order valence-electron chi connectivity index (χ0n) is 21.8. The number of hydrogen-bond donors (Lipinski definition) is 1. The van der Waals surface area contributed by atoms with Crippen LogP contribution in [0.4, 0.5) is 10.1 Å². The van der Waals surface area contributed by atoms with Gasteiger partial charge in [0, 0.05) is 36.8 Å². The number of rotatable bonds is 6. The van der Waals surface area contributed by atoms with Gasteiger partial charge >= 0.3 is 0 Å². The van der Waals surface area contributed by atoms with E-state index in [0.717, 1.165) is 43.5 Å². The second-order valence-corrected chi connectivity index (χ2v) is 13.2. The van der Waals surface area contributed by atoms with E-state index in [1.165, 1.54) is 37.5 Å². The molecule has 1 aromatic carbocycles. The molecule has 2 aliphatic rings. The Morgan fingerprint density at radius 1 is 1.16 bits per heavy atom. The highest BCUT2D eigenvalue weighted by molar-refractivity contribution is 7.91. The lowest BCUT2D eigenvalue weighted by atomic mass is 10.0. The molecule has 9 nitrogen and oxygen atoms in total. The summed E-state index contributed by atoms with van der Waals surface area (Å²) in [5, 5.41) is 4.23. The molecule has 2 fully saturated rings. The molecule has 204 valence electrons. The molecular formula is C27H33FN4O5S. The van der Waals surface area contributed by atoms with Crippen molar-refractivity contribution in [2.45, 2.75) is 63.3 Å². The van der Waals surface area contributed by atoms with Crippen LogP contribution >= 0.6 is 0 Å². The maximum atomic E-state index is 14.4. The van der Waals surface area contributed by atoms with Gasteiger partial charge in [-0.1, -0.05) is 0 Å². The van der Waals surface area contributed by atoms with E-state index in [1.54, 1.807) is 18.3 Å². The van der Waals surface area contributed by atoms with Crippen molar-refractivity contribution in [2.75, 3.05) is 24.7 Å². The van der Waals surface area contributed by atoms with Crippen molar-refractivity contribution in [1.82, 2.24) is 14.3 Å². The standard InChI is InChI=1S/C27H33FN4O5S/c1-27(2,3)38(34,35)30-26(33)22-17-29-32-12-8-19(16-24(22)32)31-11-4-5-23(31)21-15-18(28)6-7-25(21)37-20-9-13-36-14-10-20/h6-8,12,15-17,20,23H,4-5,9-11,13-14H2,1-3H3,(H,30,33)/t23-/m1/s1. The Morgan fingerprint density at radius 3 is 2.66 bits per heavy atom. The summed E-state index contributed by atoms with van der Waals surface area (Å²) < 4.78 is 53.9. The number of pyridine rings is 1. The lowest BCUT2D eigenvalue weighted by molar-refractivity contribution is 0.0250. The van der Waals surface area contributed by atoms with Crippen molar-refractivity contribution in [3.8, 4) is 5.75 Å². The van der Waals surface area contributed by atoms with Crippen LogP contribution in [0.1, 0.15) is 68.4 Å². The van der Waals surface area contributed by atoms with Crippen LogP contribution in [-0.2, 0) is 14.8 Å². The van der Waals surface area contributed by atoms with Crippen LogP contribution in [0.2, 0.25) is 0 Å². The molecule has 0 bridgehead atoms. The van der Waals surface area contributed by atoms with Crippen LogP contribution in [-0.4, -0.2) is 54.5 Å². The number of ether oxygens (including phenoxy) is 2. The second-order valence-electron chi connectivity index (χ2n) is 10.8. The molecule has 0 unspecified atom stereocenters. The maximum Gasteiger partial charge on any atom is 0.268 e. The summed E-state index contributed by atoms with van der Waals surface area (Å²) in [5.74, 6) is -0.383. The Hall–Kier alpha value is -3.18. The topological polar surface area (TPSA) is 102 Å². The van der Waals surface area contributed by atoms with Crippen LogP contribution < -0.4 is 14.4 Å². The smallest absolute Gasteiger partial charge is 0.268 e.